The van der Waals surface area contributed by atoms with E-state index in [1.807, 2.05) is 13.0 Å². The van der Waals surface area contributed by atoms with Crippen LogP contribution in [0, 0.1) is 20.8 Å². The molecule has 108 valence electrons. The highest BCUT2D eigenvalue weighted by molar-refractivity contribution is 5.63. The van der Waals surface area contributed by atoms with Gasteiger partial charge in [0.25, 0.3) is 0 Å². The van der Waals surface area contributed by atoms with Gasteiger partial charge >= 0.3 is 0 Å². The first-order valence-corrected chi connectivity index (χ1v) is 7.42. The molecule has 0 radical (unpaired) electrons. The number of aryl methyl sites for hydroxylation is 3. The summed E-state index contributed by atoms with van der Waals surface area (Å²) < 4.78 is 1.61. The predicted octanol–water partition coefficient (Wildman–Crippen LogP) is 3.95. The third-order valence-corrected chi connectivity index (χ3v) is 5.07. The average Bonchev–Trinajstić information content (AvgIpc) is 3.09. The second-order valence-corrected chi connectivity index (χ2v) is 6.37. The molecule has 0 aliphatic heterocycles. The van der Waals surface area contributed by atoms with Crippen molar-refractivity contribution in [1.29, 1.82) is 0 Å². The predicted molar refractivity (Wildman–Crippen MR) is 82.5 cm³/mol. The van der Waals surface area contributed by atoms with E-state index in [1.54, 1.807) is 4.57 Å². The quantitative estimate of drug-likeness (QED) is 0.777. The topological polar surface area (TPSA) is 45.4 Å². The molecule has 2 aliphatic rings. The van der Waals surface area contributed by atoms with E-state index in [0.717, 1.165) is 34.4 Å². The number of aromatic nitrogens is 1. The second-order valence-electron chi connectivity index (χ2n) is 6.37. The zero-order valence-corrected chi connectivity index (χ0v) is 12.5. The molecule has 0 spiro atoms. The maximum absolute atomic E-state index is 10.7. The molecule has 2 bridgehead atoms. The molecule has 1 heterocycles. The van der Waals surface area contributed by atoms with Crippen molar-refractivity contribution in [3.63, 3.8) is 0 Å². The summed E-state index contributed by atoms with van der Waals surface area (Å²) in [6.07, 6.45) is 5.27. The fourth-order valence-electron chi connectivity index (χ4n) is 3.85. The zero-order valence-electron chi connectivity index (χ0n) is 12.5. The Hall–Kier alpha value is -2.16. The number of benzene rings is 1. The maximum atomic E-state index is 10.7. The van der Waals surface area contributed by atoms with E-state index < -0.39 is 0 Å². The van der Waals surface area contributed by atoms with Crippen molar-refractivity contribution < 1.29 is 10.2 Å². The van der Waals surface area contributed by atoms with Gasteiger partial charge in [0.15, 0.2) is 0 Å². The second kappa shape index (κ2) is 3.94. The van der Waals surface area contributed by atoms with E-state index in [2.05, 4.69) is 32.1 Å². The molecule has 2 aromatic rings. The first-order valence-electron chi connectivity index (χ1n) is 7.42. The lowest BCUT2D eigenvalue weighted by Gasteiger charge is -2.14. The smallest absolute Gasteiger partial charge is 0.202 e. The van der Waals surface area contributed by atoms with Crippen molar-refractivity contribution in [2.24, 2.45) is 0 Å². The van der Waals surface area contributed by atoms with E-state index in [1.165, 1.54) is 5.56 Å². The van der Waals surface area contributed by atoms with Crippen molar-refractivity contribution >= 4 is 0 Å². The Bertz CT molecular complexity index is 763. The molecule has 21 heavy (non-hydrogen) atoms. The molecule has 0 unspecified atom stereocenters. The van der Waals surface area contributed by atoms with Crippen LogP contribution in [0.4, 0.5) is 0 Å². The molecule has 2 aliphatic carbocycles. The summed E-state index contributed by atoms with van der Waals surface area (Å²) in [6.45, 7) is 6.14. The van der Waals surface area contributed by atoms with Crippen molar-refractivity contribution in [1.82, 2.24) is 4.57 Å². The Balaban J connectivity index is 1.98. The van der Waals surface area contributed by atoms with E-state index in [9.17, 15) is 10.2 Å². The van der Waals surface area contributed by atoms with Gasteiger partial charge in [0.1, 0.15) is 0 Å². The summed E-state index contributed by atoms with van der Waals surface area (Å²) in [7, 11) is 0. The van der Waals surface area contributed by atoms with Crippen molar-refractivity contribution in [2.75, 3.05) is 0 Å². The molecule has 4 rings (SSSR count). The monoisotopic (exact) mass is 281 g/mol. The maximum Gasteiger partial charge on any atom is 0.202 e. The summed E-state index contributed by atoms with van der Waals surface area (Å²) in [5, 5.41) is 21.3. The fourth-order valence-corrected chi connectivity index (χ4v) is 3.85. The van der Waals surface area contributed by atoms with Crippen LogP contribution in [0.5, 0.6) is 11.8 Å². The van der Waals surface area contributed by atoms with Crippen LogP contribution in [-0.2, 0) is 0 Å². The van der Waals surface area contributed by atoms with Gasteiger partial charge in [-0.1, -0.05) is 18.2 Å². The molecular formula is C18H19NO2. The van der Waals surface area contributed by atoms with Crippen LogP contribution in [0.2, 0.25) is 0 Å². The van der Waals surface area contributed by atoms with E-state index >= 15 is 0 Å². The van der Waals surface area contributed by atoms with Gasteiger partial charge in [-0.2, -0.15) is 0 Å². The van der Waals surface area contributed by atoms with Crippen LogP contribution in [0.3, 0.4) is 0 Å². The third-order valence-electron chi connectivity index (χ3n) is 5.07. The zero-order chi connectivity index (χ0) is 14.9. The minimum atomic E-state index is 0.200. The summed E-state index contributed by atoms with van der Waals surface area (Å²) in [5.41, 5.74) is 6.12. The molecule has 1 aromatic carbocycles. The van der Waals surface area contributed by atoms with Gasteiger partial charge in [0.2, 0.25) is 11.8 Å². The van der Waals surface area contributed by atoms with Crippen LogP contribution in [0.1, 0.15) is 46.1 Å². The number of hydrogen-bond acceptors (Lipinski definition) is 2. The molecule has 2 N–H and O–H groups in total. The van der Waals surface area contributed by atoms with Gasteiger partial charge in [-0.3, -0.25) is 4.57 Å². The first-order chi connectivity index (χ1) is 9.99. The SMILES string of the molecule is Cc1cc(C)c(-n2c(O)c3c(c2O)[C@H]2C=C[C@@H]3C2)cc1C. The summed E-state index contributed by atoms with van der Waals surface area (Å²) in [4.78, 5) is 0. The van der Waals surface area contributed by atoms with Gasteiger partial charge in [0, 0.05) is 23.0 Å². The van der Waals surface area contributed by atoms with Crippen molar-refractivity contribution in [3.05, 3.63) is 52.1 Å². The van der Waals surface area contributed by atoms with Gasteiger partial charge in [-0.05, 0) is 49.9 Å². The average molecular weight is 281 g/mol. The van der Waals surface area contributed by atoms with Crippen LogP contribution < -0.4 is 0 Å². The number of rotatable bonds is 1. The van der Waals surface area contributed by atoms with Crippen LogP contribution in [0.15, 0.2) is 24.3 Å². The summed E-state index contributed by atoms with van der Waals surface area (Å²) >= 11 is 0. The van der Waals surface area contributed by atoms with Crippen LogP contribution >= 0.6 is 0 Å². The third kappa shape index (κ3) is 1.49. The minimum Gasteiger partial charge on any atom is -0.494 e. The lowest BCUT2D eigenvalue weighted by atomic mass is 10.0. The molecule has 0 amide bonds. The van der Waals surface area contributed by atoms with E-state index in [4.69, 9.17) is 0 Å². The van der Waals surface area contributed by atoms with E-state index in [-0.39, 0.29) is 23.6 Å². The molecule has 3 nitrogen and oxygen atoms in total. The molecule has 0 saturated carbocycles. The number of allylic oxidation sites excluding steroid dienone is 2. The number of aromatic hydroxyl groups is 2. The summed E-state index contributed by atoms with van der Waals surface area (Å²) in [6, 6.07) is 4.14. The Morgan fingerprint density at radius 2 is 1.38 bits per heavy atom. The standard InChI is InChI=1S/C18H19NO2/c1-9-6-11(3)14(7-10(9)2)19-17(20)15-12-4-5-13(8-12)16(15)18(19)21/h4-7,12-13,20-21H,8H2,1-3H3/t12-,13+. The Morgan fingerprint density at radius 3 is 1.95 bits per heavy atom. The number of fused-ring (bicyclic) bond motifs is 5. The molecule has 0 fully saturated rings. The Labute approximate surface area is 124 Å². The van der Waals surface area contributed by atoms with Crippen LogP contribution in [-0.4, -0.2) is 14.8 Å². The highest BCUT2D eigenvalue weighted by Crippen LogP contribution is 2.57. The highest BCUT2D eigenvalue weighted by atomic mass is 16.3. The molecule has 0 saturated heterocycles. The molecular weight excluding hydrogens is 262 g/mol. The highest BCUT2D eigenvalue weighted by Gasteiger charge is 2.41. The first kappa shape index (κ1) is 12.6. The largest absolute Gasteiger partial charge is 0.494 e. The van der Waals surface area contributed by atoms with E-state index in [0.29, 0.717) is 0 Å². The number of hydrogen-bond donors (Lipinski definition) is 2. The lowest BCUT2D eigenvalue weighted by molar-refractivity contribution is 0.395. The van der Waals surface area contributed by atoms with Crippen molar-refractivity contribution in [3.8, 4) is 17.4 Å². The molecule has 1 aromatic heterocycles. The normalized spacial score (nSPS) is 22.0. The van der Waals surface area contributed by atoms with Gasteiger partial charge in [-0.15, -0.1) is 0 Å². The lowest BCUT2D eigenvalue weighted by Crippen LogP contribution is -2.00. The molecule has 2 atom stereocenters. The van der Waals surface area contributed by atoms with Gasteiger partial charge in [0.05, 0.1) is 5.69 Å². The van der Waals surface area contributed by atoms with Crippen LogP contribution in [0.25, 0.3) is 5.69 Å². The van der Waals surface area contributed by atoms with Gasteiger partial charge in [-0.25, -0.2) is 0 Å². The van der Waals surface area contributed by atoms with Crippen molar-refractivity contribution in [2.45, 2.75) is 39.0 Å². The van der Waals surface area contributed by atoms with Gasteiger partial charge < -0.3 is 10.2 Å². The fraction of sp³-hybridized carbons (Fsp3) is 0.333. The Morgan fingerprint density at radius 1 is 0.857 bits per heavy atom. The number of nitrogens with zero attached hydrogens (tertiary/aromatic N) is 1. The molecule has 3 heteroatoms. The summed E-state index contributed by atoms with van der Waals surface area (Å²) in [5.74, 6) is 0.907. The minimum absolute atomic E-state index is 0.200. The Kier molecular flexibility index (Phi) is 2.36.